The number of aromatic nitrogens is 1. The number of rotatable bonds is 4. The molecule has 1 unspecified atom stereocenters. The van der Waals surface area contributed by atoms with E-state index >= 15 is 0 Å². The van der Waals surface area contributed by atoms with E-state index in [0.29, 0.717) is 18.5 Å². The lowest BCUT2D eigenvalue weighted by Gasteiger charge is -2.29. The highest BCUT2D eigenvalue weighted by Crippen LogP contribution is 2.37. The van der Waals surface area contributed by atoms with Crippen molar-refractivity contribution in [2.45, 2.75) is 45.3 Å². The van der Waals surface area contributed by atoms with Gasteiger partial charge in [-0.2, -0.15) is 0 Å². The van der Waals surface area contributed by atoms with Gasteiger partial charge in [-0.15, -0.1) is 0 Å². The summed E-state index contributed by atoms with van der Waals surface area (Å²) >= 11 is 0. The summed E-state index contributed by atoms with van der Waals surface area (Å²) in [6.07, 6.45) is 1.91. The third-order valence-electron chi connectivity index (χ3n) is 7.69. The molecular formula is C32H31N3O3. The van der Waals surface area contributed by atoms with Crippen LogP contribution in [0.1, 0.15) is 46.1 Å². The van der Waals surface area contributed by atoms with Crippen molar-refractivity contribution in [1.82, 2.24) is 9.88 Å². The SMILES string of the molecule is CCC(OC(=O)c1c2c(nc3ccccc13)CCN(C)C2)C(=O)N1c2ccccc2CCc2ccccc21. The van der Waals surface area contributed by atoms with E-state index in [0.717, 1.165) is 70.5 Å². The lowest BCUT2D eigenvalue weighted by molar-refractivity contribution is -0.126. The molecule has 1 aromatic heterocycles. The molecule has 2 aliphatic rings. The minimum absolute atomic E-state index is 0.230. The van der Waals surface area contributed by atoms with Crippen LogP contribution in [0.2, 0.25) is 0 Å². The predicted octanol–water partition coefficient (Wildman–Crippen LogP) is 5.62. The van der Waals surface area contributed by atoms with Crippen LogP contribution in [-0.2, 0) is 35.3 Å². The average Bonchev–Trinajstić information content (AvgIpc) is 3.11. The Morgan fingerprint density at radius 1 is 0.895 bits per heavy atom. The summed E-state index contributed by atoms with van der Waals surface area (Å²) in [6.45, 7) is 3.39. The van der Waals surface area contributed by atoms with Gasteiger partial charge in [-0.3, -0.25) is 14.7 Å². The van der Waals surface area contributed by atoms with Crippen molar-refractivity contribution in [3.63, 3.8) is 0 Å². The number of anilines is 2. The Kier molecular flexibility index (Phi) is 6.42. The molecule has 6 heteroatoms. The summed E-state index contributed by atoms with van der Waals surface area (Å²) in [4.78, 5) is 36.9. The van der Waals surface area contributed by atoms with Crippen LogP contribution in [0.3, 0.4) is 0 Å². The van der Waals surface area contributed by atoms with E-state index in [9.17, 15) is 9.59 Å². The molecule has 0 bridgehead atoms. The summed E-state index contributed by atoms with van der Waals surface area (Å²) in [5.74, 6) is -0.696. The largest absolute Gasteiger partial charge is 0.449 e. The van der Waals surface area contributed by atoms with E-state index in [-0.39, 0.29) is 5.91 Å². The first kappa shape index (κ1) is 24.3. The zero-order valence-electron chi connectivity index (χ0n) is 21.8. The second-order valence-electron chi connectivity index (χ2n) is 10.2. The number of esters is 1. The van der Waals surface area contributed by atoms with Crippen molar-refractivity contribution in [1.29, 1.82) is 0 Å². The van der Waals surface area contributed by atoms with E-state index in [1.54, 1.807) is 4.90 Å². The fourth-order valence-electron chi connectivity index (χ4n) is 5.72. The number of pyridine rings is 1. The van der Waals surface area contributed by atoms with E-state index in [2.05, 4.69) is 17.0 Å². The molecule has 0 N–H and O–H groups in total. The molecule has 1 atom stereocenters. The van der Waals surface area contributed by atoms with E-state index in [1.807, 2.05) is 74.6 Å². The Morgan fingerprint density at radius 2 is 1.53 bits per heavy atom. The van der Waals surface area contributed by atoms with Gasteiger partial charge in [-0.05, 0) is 55.6 Å². The number of aryl methyl sites for hydroxylation is 2. The molecule has 0 fully saturated rings. The minimum Gasteiger partial charge on any atom is -0.449 e. The topological polar surface area (TPSA) is 62.7 Å². The maximum absolute atomic E-state index is 14.2. The van der Waals surface area contributed by atoms with E-state index < -0.39 is 12.1 Å². The Morgan fingerprint density at radius 3 is 2.21 bits per heavy atom. The molecule has 0 saturated heterocycles. The van der Waals surface area contributed by atoms with Gasteiger partial charge in [0.2, 0.25) is 0 Å². The van der Waals surface area contributed by atoms with Crippen molar-refractivity contribution in [2.75, 3.05) is 18.5 Å². The van der Waals surface area contributed by atoms with Gasteiger partial charge in [-0.25, -0.2) is 4.79 Å². The molecule has 0 aliphatic carbocycles. The zero-order valence-corrected chi connectivity index (χ0v) is 21.8. The number of para-hydroxylation sites is 3. The monoisotopic (exact) mass is 505 g/mol. The number of ether oxygens (including phenoxy) is 1. The minimum atomic E-state index is -0.925. The quantitative estimate of drug-likeness (QED) is 0.337. The van der Waals surface area contributed by atoms with Crippen LogP contribution in [0, 0.1) is 0 Å². The molecule has 0 saturated carbocycles. The first-order chi connectivity index (χ1) is 18.5. The van der Waals surface area contributed by atoms with Crippen LogP contribution >= 0.6 is 0 Å². The Hall–Kier alpha value is -4.03. The number of carbonyl (C=O) groups excluding carboxylic acids is 2. The Balaban J connectivity index is 1.40. The van der Waals surface area contributed by atoms with Crippen molar-refractivity contribution in [2.24, 2.45) is 0 Å². The molecule has 1 amide bonds. The van der Waals surface area contributed by atoms with Crippen LogP contribution in [-0.4, -0.2) is 41.5 Å². The van der Waals surface area contributed by atoms with E-state index in [1.165, 1.54) is 0 Å². The highest BCUT2D eigenvalue weighted by molar-refractivity contribution is 6.08. The van der Waals surface area contributed by atoms with E-state index in [4.69, 9.17) is 9.72 Å². The number of hydrogen-bond donors (Lipinski definition) is 0. The Labute approximate surface area is 222 Å². The summed E-state index contributed by atoms with van der Waals surface area (Å²) < 4.78 is 6.10. The molecule has 192 valence electrons. The lowest BCUT2D eigenvalue weighted by atomic mass is 9.96. The molecule has 0 radical (unpaired) electrons. The molecule has 3 aromatic carbocycles. The van der Waals surface area contributed by atoms with Gasteiger partial charge in [0.15, 0.2) is 6.10 Å². The predicted molar refractivity (Wildman–Crippen MR) is 149 cm³/mol. The normalized spacial score (nSPS) is 15.7. The number of likely N-dealkylation sites (N-methyl/N-ethyl adjacent to an activating group) is 1. The van der Waals surface area contributed by atoms with Gasteiger partial charge in [0.1, 0.15) is 0 Å². The van der Waals surface area contributed by atoms with Gasteiger partial charge in [0.05, 0.1) is 22.5 Å². The Bertz CT molecular complexity index is 1500. The highest BCUT2D eigenvalue weighted by Gasteiger charge is 2.34. The second kappa shape index (κ2) is 10.0. The fourth-order valence-corrected chi connectivity index (χ4v) is 5.72. The molecular weight excluding hydrogens is 474 g/mol. The molecule has 38 heavy (non-hydrogen) atoms. The van der Waals surface area contributed by atoms with Crippen LogP contribution in [0.15, 0.2) is 72.8 Å². The summed E-state index contributed by atoms with van der Waals surface area (Å²) in [7, 11) is 2.04. The molecule has 2 aliphatic heterocycles. The van der Waals surface area contributed by atoms with Crippen molar-refractivity contribution in [3.05, 3.63) is 101 Å². The number of carbonyl (C=O) groups is 2. The third-order valence-corrected chi connectivity index (χ3v) is 7.69. The second-order valence-corrected chi connectivity index (χ2v) is 10.2. The standard InChI is InChI=1S/C32H31N3O3/c1-3-29(31(36)35-27-14-8-4-10-21(27)16-17-22-11-5-9-15-28(22)35)38-32(37)30-23-12-6-7-13-25(23)33-26-18-19-34(2)20-24(26)30/h4-15,29H,3,16-20H2,1-2H3. The van der Waals surface area contributed by atoms with Gasteiger partial charge < -0.3 is 9.64 Å². The number of hydrogen-bond acceptors (Lipinski definition) is 5. The van der Waals surface area contributed by atoms with Gasteiger partial charge in [0, 0.05) is 36.2 Å². The van der Waals surface area contributed by atoms with Crippen molar-refractivity contribution < 1.29 is 14.3 Å². The molecule has 3 heterocycles. The number of amides is 1. The highest BCUT2D eigenvalue weighted by atomic mass is 16.5. The number of benzene rings is 3. The van der Waals surface area contributed by atoms with Gasteiger partial charge in [0.25, 0.3) is 5.91 Å². The summed E-state index contributed by atoms with van der Waals surface area (Å²) in [6, 6.07) is 23.7. The first-order valence-electron chi connectivity index (χ1n) is 13.3. The van der Waals surface area contributed by atoms with Gasteiger partial charge >= 0.3 is 5.97 Å². The average molecular weight is 506 g/mol. The fraction of sp³-hybridized carbons (Fsp3) is 0.281. The van der Waals surface area contributed by atoms with Crippen LogP contribution in [0.4, 0.5) is 11.4 Å². The number of fused-ring (bicyclic) bond motifs is 4. The molecule has 0 spiro atoms. The maximum atomic E-state index is 14.2. The van der Waals surface area contributed by atoms with Crippen LogP contribution in [0.25, 0.3) is 10.9 Å². The van der Waals surface area contributed by atoms with Crippen LogP contribution in [0.5, 0.6) is 0 Å². The van der Waals surface area contributed by atoms with Crippen molar-refractivity contribution in [3.8, 4) is 0 Å². The van der Waals surface area contributed by atoms with Crippen LogP contribution < -0.4 is 4.90 Å². The third kappa shape index (κ3) is 4.25. The maximum Gasteiger partial charge on any atom is 0.340 e. The van der Waals surface area contributed by atoms with Crippen molar-refractivity contribution >= 4 is 34.2 Å². The smallest absolute Gasteiger partial charge is 0.340 e. The number of nitrogens with zero attached hydrogens (tertiary/aromatic N) is 3. The summed E-state index contributed by atoms with van der Waals surface area (Å²) in [5, 5.41) is 0.763. The zero-order chi connectivity index (χ0) is 26.2. The first-order valence-corrected chi connectivity index (χ1v) is 13.3. The lowest BCUT2D eigenvalue weighted by Crippen LogP contribution is -2.39. The molecule has 6 rings (SSSR count). The molecule has 6 nitrogen and oxygen atoms in total. The summed E-state index contributed by atoms with van der Waals surface area (Å²) in [5.41, 5.74) is 7.05. The van der Waals surface area contributed by atoms with Gasteiger partial charge in [-0.1, -0.05) is 61.5 Å². The molecule has 4 aromatic rings.